The zero-order chi connectivity index (χ0) is 16.2. The summed E-state index contributed by atoms with van der Waals surface area (Å²) in [6.07, 6.45) is 1.25. The number of carbonyl (C=O) groups excluding carboxylic acids is 1. The lowest BCUT2D eigenvalue weighted by atomic mass is 10.1. The average molecular weight is 302 g/mol. The molecule has 3 N–H and O–H groups in total. The summed E-state index contributed by atoms with van der Waals surface area (Å²) in [6, 6.07) is 7.64. The summed E-state index contributed by atoms with van der Waals surface area (Å²) in [4.78, 5) is 20.7. The van der Waals surface area contributed by atoms with Gasteiger partial charge in [0.25, 0.3) is 0 Å². The van der Waals surface area contributed by atoms with E-state index in [9.17, 15) is 4.79 Å². The highest BCUT2D eigenvalue weighted by Gasteiger charge is 2.18. The van der Waals surface area contributed by atoms with Gasteiger partial charge in [0.05, 0.1) is 16.7 Å². The van der Waals surface area contributed by atoms with E-state index in [0.717, 1.165) is 16.7 Å². The van der Waals surface area contributed by atoms with Crippen LogP contribution in [0.5, 0.6) is 0 Å². The molecule has 1 aromatic carbocycles. The minimum atomic E-state index is -0.523. The van der Waals surface area contributed by atoms with E-state index in [4.69, 9.17) is 10.5 Å². The smallest absolute Gasteiger partial charge is 0.407 e. The lowest BCUT2D eigenvalue weighted by molar-refractivity contribution is 0.0524. The quantitative estimate of drug-likeness (QED) is 0.903. The zero-order valence-electron chi connectivity index (χ0n) is 13.2. The Labute approximate surface area is 130 Å². The largest absolute Gasteiger partial charge is 0.444 e. The second kappa shape index (κ2) is 6.70. The van der Waals surface area contributed by atoms with Crippen LogP contribution in [0.2, 0.25) is 0 Å². The summed E-state index contributed by atoms with van der Waals surface area (Å²) >= 11 is 0. The molecule has 0 aliphatic carbocycles. The molecule has 0 bridgehead atoms. The van der Waals surface area contributed by atoms with Gasteiger partial charge in [-0.3, -0.25) is 4.98 Å². The Bertz CT molecular complexity index is 652. The highest BCUT2D eigenvalue weighted by Crippen LogP contribution is 2.15. The highest BCUT2D eigenvalue weighted by atomic mass is 16.6. The zero-order valence-corrected chi connectivity index (χ0v) is 13.2. The molecule has 0 aliphatic rings. The summed E-state index contributed by atoms with van der Waals surface area (Å²) in [5.41, 5.74) is 7.69. The van der Waals surface area contributed by atoms with Gasteiger partial charge < -0.3 is 15.8 Å². The topological polar surface area (TPSA) is 90.1 Å². The molecule has 1 amide bonds. The Morgan fingerprint density at radius 1 is 1.32 bits per heavy atom. The number of nitrogens with one attached hydrogen (secondary N) is 1. The van der Waals surface area contributed by atoms with Gasteiger partial charge in [-0.05, 0) is 32.9 Å². The fraction of sp³-hybridized carbons (Fsp3) is 0.438. The van der Waals surface area contributed by atoms with Crippen LogP contribution >= 0.6 is 0 Å². The Kier molecular flexibility index (Phi) is 4.92. The molecule has 0 spiro atoms. The van der Waals surface area contributed by atoms with Crippen LogP contribution in [0.25, 0.3) is 11.0 Å². The second-order valence-electron chi connectivity index (χ2n) is 6.10. The van der Waals surface area contributed by atoms with E-state index in [1.807, 2.05) is 45.0 Å². The number of nitrogens with zero attached hydrogens (tertiary/aromatic N) is 2. The maximum Gasteiger partial charge on any atom is 0.407 e. The number of aromatic nitrogens is 2. The lowest BCUT2D eigenvalue weighted by Crippen LogP contribution is -2.36. The van der Waals surface area contributed by atoms with Gasteiger partial charge in [-0.2, -0.15) is 0 Å². The van der Waals surface area contributed by atoms with Crippen LogP contribution in [0.4, 0.5) is 4.79 Å². The molecule has 0 radical (unpaired) electrons. The third-order valence-electron chi connectivity index (χ3n) is 3.06. The molecule has 2 rings (SSSR count). The van der Waals surface area contributed by atoms with Gasteiger partial charge in [-0.25, -0.2) is 9.78 Å². The van der Waals surface area contributed by atoms with E-state index in [1.54, 1.807) is 6.20 Å². The van der Waals surface area contributed by atoms with Gasteiger partial charge in [0.15, 0.2) is 0 Å². The second-order valence-corrected chi connectivity index (χ2v) is 6.10. The van der Waals surface area contributed by atoms with Crippen molar-refractivity contribution in [2.75, 3.05) is 13.1 Å². The summed E-state index contributed by atoms with van der Waals surface area (Å²) in [6.45, 7) is 6.19. The fourth-order valence-electron chi connectivity index (χ4n) is 2.00. The SMILES string of the molecule is CC(C)(C)OC(=O)NCC(CN)c1cnc2ccccc2n1. The van der Waals surface area contributed by atoms with Crippen molar-refractivity contribution in [1.29, 1.82) is 0 Å². The molecule has 118 valence electrons. The minimum Gasteiger partial charge on any atom is -0.444 e. The number of carbonyl (C=O) groups is 1. The average Bonchev–Trinajstić information content (AvgIpc) is 2.46. The first-order valence-corrected chi connectivity index (χ1v) is 7.27. The predicted octanol–water partition coefficient (Wildman–Crippen LogP) is 2.20. The Morgan fingerprint density at radius 2 is 2.00 bits per heavy atom. The van der Waals surface area contributed by atoms with Crippen LogP contribution in [0.3, 0.4) is 0 Å². The van der Waals surface area contributed by atoms with Crippen molar-refractivity contribution in [3.8, 4) is 0 Å². The van der Waals surface area contributed by atoms with Crippen molar-refractivity contribution in [3.63, 3.8) is 0 Å². The third-order valence-corrected chi connectivity index (χ3v) is 3.06. The van der Waals surface area contributed by atoms with Gasteiger partial charge in [-0.15, -0.1) is 0 Å². The van der Waals surface area contributed by atoms with Crippen LogP contribution in [0.1, 0.15) is 32.4 Å². The number of fused-ring (bicyclic) bond motifs is 1. The molecule has 1 unspecified atom stereocenters. The van der Waals surface area contributed by atoms with Gasteiger partial charge >= 0.3 is 6.09 Å². The number of hydrogen-bond donors (Lipinski definition) is 2. The number of ether oxygens (including phenoxy) is 1. The standard InChI is InChI=1S/C16H22N4O2/c1-16(2,3)22-15(21)19-9-11(8-17)14-10-18-12-6-4-5-7-13(12)20-14/h4-7,10-11H,8-9,17H2,1-3H3,(H,19,21). The van der Waals surface area contributed by atoms with E-state index in [2.05, 4.69) is 15.3 Å². The number of benzene rings is 1. The van der Waals surface area contributed by atoms with E-state index >= 15 is 0 Å². The molecule has 1 aromatic heterocycles. The molecular formula is C16H22N4O2. The monoisotopic (exact) mass is 302 g/mol. The van der Waals surface area contributed by atoms with Crippen molar-refractivity contribution in [1.82, 2.24) is 15.3 Å². The molecule has 0 aliphatic heterocycles. The fourth-order valence-corrected chi connectivity index (χ4v) is 2.00. The van der Waals surface area contributed by atoms with Crippen molar-refractivity contribution in [3.05, 3.63) is 36.2 Å². The normalized spacial score (nSPS) is 12.9. The van der Waals surface area contributed by atoms with Crippen molar-refractivity contribution in [2.24, 2.45) is 5.73 Å². The van der Waals surface area contributed by atoms with Crippen LogP contribution in [-0.2, 0) is 4.74 Å². The Morgan fingerprint density at radius 3 is 2.64 bits per heavy atom. The third kappa shape index (κ3) is 4.39. The molecule has 1 atom stereocenters. The van der Waals surface area contributed by atoms with Gasteiger partial charge in [0.2, 0.25) is 0 Å². The number of para-hydroxylation sites is 2. The molecule has 0 fully saturated rings. The van der Waals surface area contributed by atoms with Gasteiger partial charge in [-0.1, -0.05) is 12.1 Å². The Hall–Kier alpha value is -2.21. The maximum absolute atomic E-state index is 11.7. The first-order valence-electron chi connectivity index (χ1n) is 7.27. The molecule has 6 nitrogen and oxygen atoms in total. The van der Waals surface area contributed by atoms with Crippen molar-refractivity contribution in [2.45, 2.75) is 32.3 Å². The number of hydrogen-bond acceptors (Lipinski definition) is 5. The molecule has 1 heterocycles. The number of amides is 1. The highest BCUT2D eigenvalue weighted by molar-refractivity contribution is 5.73. The maximum atomic E-state index is 11.7. The molecule has 6 heteroatoms. The summed E-state index contributed by atoms with van der Waals surface area (Å²) in [7, 11) is 0. The number of alkyl carbamates (subject to hydrolysis) is 1. The van der Waals surface area contributed by atoms with Crippen LogP contribution in [0, 0.1) is 0 Å². The first-order chi connectivity index (χ1) is 10.4. The van der Waals surface area contributed by atoms with Crippen molar-refractivity contribution < 1.29 is 9.53 Å². The molecule has 2 aromatic rings. The predicted molar refractivity (Wildman–Crippen MR) is 85.6 cm³/mol. The lowest BCUT2D eigenvalue weighted by Gasteiger charge is -2.21. The van der Waals surface area contributed by atoms with Crippen LogP contribution < -0.4 is 11.1 Å². The molecule has 0 saturated heterocycles. The first kappa shape index (κ1) is 16.2. The van der Waals surface area contributed by atoms with Crippen LogP contribution in [0.15, 0.2) is 30.5 Å². The number of nitrogens with two attached hydrogens (primary N) is 1. The summed E-state index contributed by atoms with van der Waals surface area (Å²) in [5.74, 6) is -0.107. The summed E-state index contributed by atoms with van der Waals surface area (Å²) in [5, 5.41) is 2.73. The van der Waals surface area contributed by atoms with E-state index < -0.39 is 11.7 Å². The molecule has 0 saturated carbocycles. The van der Waals surface area contributed by atoms with Crippen LogP contribution in [-0.4, -0.2) is 34.8 Å². The summed E-state index contributed by atoms with van der Waals surface area (Å²) < 4.78 is 5.21. The van der Waals surface area contributed by atoms with Gasteiger partial charge in [0, 0.05) is 25.2 Å². The van der Waals surface area contributed by atoms with E-state index in [1.165, 1.54) is 0 Å². The molecule has 22 heavy (non-hydrogen) atoms. The minimum absolute atomic E-state index is 0.107. The number of rotatable bonds is 4. The van der Waals surface area contributed by atoms with E-state index in [0.29, 0.717) is 13.1 Å². The van der Waals surface area contributed by atoms with Gasteiger partial charge in [0.1, 0.15) is 5.60 Å². The van der Waals surface area contributed by atoms with E-state index in [-0.39, 0.29) is 5.92 Å². The van der Waals surface area contributed by atoms with Crippen molar-refractivity contribution >= 4 is 17.1 Å². The Balaban J connectivity index is 2.05. The molecular weight excluding hydrogens is 280 g/mol.